The van der Waals surface area contributed by atoms with Gasteiger partial charge in [0.05, 0.1) is 23.2 Å². The number of H-pyrrole nitrogens is 1. The maximum absolute atomic E-state index is 11.2. The van der Waals surface area contributed by atoms with E-state index >= 15 is 0 Å². The molecule has 0 unspecified atom stereocenters. The van der Waals surface area contributed by atoms with Crippen LogP contribution in [0.4, 0.5) is 0 Å². The van der Waals surface area contributed by atoms with Crippen LogP contribution in [0, 0.1) is 12.8 Å². The van der Waals surface area contributed by atoms with E-state index in [1.54, 1.807) is 18.2 Å². The predicted molar refractivity (Wildman–Crippen MR) is 138 cm³/mol. The van der Waals surface area contributed by atoms with E-state index in [0.29, 0.717) is 11.3 Å². The highest BCUT2D eigenvalue weighted by Crippen LogP contribution is 2.25. The fraction of sp³-hybridized carbons (Fsp3) is 0.310. The minimum atomic E-state index is -0.947. The van der Waals surface area contributed by atoms with Gasteiger partial charge >= 0.3 is 5.97 Å². The second-order valence-corrected chi connectivity index (χ2v) is 9.49. The van der Waals surface area contributed by atoms with Crippen molar-refractivity contribution in [2.45, 2.75) is 32.7 Å². The molecule has 180 valence electrons. The average Bonchev–Trinajstić information content (AvgIpc) is 3.30. The Morgan fingerprint density at radius 3 is 2.51 bits per heavy atom. The van der Waals surface area contributed by atoms with Crippen LogP contribution in [0.3, 0.4) is 0 Å². The van der Waals surface area contributed by atoms with Crippen LogP contribution in [0.5, 0.6) is 5.75 Å². The minimum Gasteiger partial charge on any atom is -0.494 e. The van der Waals surface area contributed by atoms with Crippen LogP contribution in [0.2, 0.25) is 0 Å². The summed E-state index contributed by atoms with van der Waals surface area (Å²) in [5.74, 6) is 1.34. The lowest BCUT2D eigenvalue weighted by molar-refractivity contribution is 0.0697. The SMILES string of the molecule is Cc1ccc(CN2CCC(CCOc3ccc(-c4nc5ccc(C(=O)O)cc5[nH]4)cc3)CC2)cc1. The zero-order valence-corrected chi connectivity index (χ0v) is 20.0. The van der Waals surface area contributed by atoms with E-state index in [9.17, 15) is 9.90 Å². The molecule has 0 amide bonds. The molecule has 2 N–H and O–H groups in total. The van der Waals surface area contributed by atoms with E-state index < -0.39 is 5.97 Å². The zero-order valence-electron chi connectivity index (χ0n) is 20.0. The lowest BCUT2D eigenvalue weighted by atomic mass is 9.93. The molecule has 1 aliphatic heterocycles. The molecular formula is C29H31N3O3. The lowest BCUT2D eigenvalue weighted by Crippen LogP contribution is -2.33. The van der Waals surface area contributed by atoms with Gasteiger partial charge in [-0.3, -0.25) is 4.90 Å². The number of aromatic amines is 1. The number of aromatic nitrogens is 2. The highest BCUT2D eigenvalue weighted by Gasteiger charge is 2.19. The Morgan fingerprint density at radius 2 is 1.80 bits per heavy atom. The molecule has 0 aliphatic carbocycles. The van der Waals surface area contributed by atoms with Crippen molar-refractivity contribution in [3.8, 4) is 17.1 Å². The number of hydrogen-bond donors (Lipinski definition) is 2. The largest absolute Gasteiger partial charge is 0.494 e. The molecule has 1 fully saturated rings. The topological polar surface area (TPSA) is 78.4 Å². The Kier molecular flexibility index (Phi) is 6.82. The van der Waals surface area contributed by atoms with Crippen LogP contribution in [0.1, 0.15) is 40.7 Å². The van der Waals surface area contributed by atoms with Gasteiger partial charge in [-0.1, -0.05) is 29.8 Å². The number of hydrogen-bond acceptors (Lipinski definition) is 4. The molecule has 0 radical (unpaired) electrons. The van der Waals surface area contributed by atoms with Gasteiger partial charge in [0.25, 0.3) is 0 Å². The summed E-state index contributed by atoms with van der Waals surface area (Å²) in [7, 11) is 0. The fourth-order valence-electron chi connectivity index (χ4n) is 4.72. The Labute approximate surface area is 205 Å². The predicted octanol–water partition coefficient (Wildman–Crippen LogP) is 5.92. The Hall–Kier alpha value is -3.64. The summed E-state index contributed by atoms with van der Waals surface area (Å²) in [4.78, 5) is 21.5. The van der Waals surface area contributed by atoms with Gasteiger partial charge in [-0.2, -0.15) is 0 Å². The van der Waals surface area contributed by atoms with Crippen molar-refractivity contribution in [2.75, 3.05) is 19.7 Å². The van der Waals surface area contributed by atoms with Crippen LogP contribution in [0.15, 0.2) is 66.7 Å². The molecule has 1 aromatic heterocycles. The number of ether oxygens (including phenoxy) is 1. The number of nitrogens with one attached hydrogen (secondary N) is 1. The highest BCUT2D eigenvalue weighted by molar-refractivity contribution is 5.93. The first kappa shape index (κ1) is 23.1. The number of piperidine rings is 1. The van der Waals surface area contributed by atoms with E-state index in [0.717, 1.165) is 55.4 Å². The molecule has 0 atom stereocenters. The number of rotatable bonds is 8. The summed E-state index contributed by atoms with van der Waals surface area (Å²) in [6.45, 7) is 6.20. The first-order valence-electron chi connectivity index (χ1n) is 12.3. The maximum atomic E-state index is 11.2. The number of likely N-dealkylation sites (tertiary alicyclic amines) is 1. The van der Waals surface area contributed by atoms with Gasteiger partial charge in [0.2, 0.25) is 0 Å². The van der Waals surface area contributed by atoms with E-state index in [-0.39, 0.29) is 5.56 Å². The van der Waals surface area contributed by atoms with Gasteiger partial charge in [-0.25, -0.2) is 9.78 Å². The lowest BCUT2D eigenvalue weighted by Gasteiger charge is -2.32. The van der Waals surface area contributed by atoms with Crippen molar-refractivity contribution in [3.63, 3.8) is 0 Å². The number of carbonyl (C=O) groups is 1. The molecule has 0 spiro atoms. The van der Waals surface area contributed by atoms with Crippen LogP contribution in [-0.4, -0.2) is 45.6 Å². The summed E-state index contributed by atoms with van der Waals surface area (Å²) in [6.07, 6.45) is 3.53. The van der Waals surface area contributed by atoms with Crippen molar-refractivity contribution >= 4 is 17.0 Å². The van der Waals surface area contributed by atoms with E-state index in [2.05, 4.69) is 46.1 Å². The molecular weight excluding hydrogens is 438 g/mol. The van der Waals surface area contributed by atoms with Gasteiger partial charge in [-0.05, 0) is 93.2 Å². The van der Waals surface area contributed by atoms with Crippen molar-refractivity contribution in [3.05, 3.63) is 83.4 Å². The molecule has 0 saturated carbocycles. The molecule has 4 aromatic rings. The summed E-state index contributed by atoms with van der Waals surface area (Å²) in [5.41, 5.74) is 5.35. The monoisotopic (exact) mass is 469 g/mol. The molecule has 0 bridgehead atoms. The first-order valence-corrected chi connectivity index (χ1v) is 12.3. The van der Waals surface area contributed by atoms with Crippen molar-refractivity contribution in [1.29, 1.82) is 0 Å². The Bertz CT molecular complexity index is 1290. The smallest absolute Gasteiger partial charge is 0.335 e. The van der Waals surface area contributed by atoms with Crippen molar-refractivity contribution in [2.24, 2.45) is 5.92 Å². The van der Waals surface area contributed by atoms with Crippen LogP contribution < -0.4 is 4.74 Å². The molecule has 35 heavy (non-hydrogen) atoms. The minimum absolute atomic E-state index is 0.244. The third-order valence-electron chi connectivity index (χ3n) is 6.89. The van der Waals surface area contributed by atoms with E-state index in [4.69, 9.17) is 4.74 Å². The highest BCUT2D eigenvalue weighted by atomic mass is 16.5. The molecule has 1 saturated heterocycles. The van der Waals surface area contributed by atoms with Crippen molar-refractivity contribution < 1.29 is 14.6 Å². The number of aromatic carboxylic acids is 1. The summed E-state index contributed by atoms with van der Waals surface area (Å²) < 4.78 is 6.02. The summed E-state index contributed by atoms with van der Waals surface area (Å²) >= 11 is 0. The van der Waals surface area contributed by atoms with Gasteiger partial charge < -0.3 is 14.8 Å². The Balaban J connectivity index is 1.08. The molecule has 1 aliphatic rings. The first-order chi connectivity index (χ1) is 17.0. The second kappa shape index (κ2) is 10.3. The average molecular weight is 470 g/mol. The van der Waals surface area contributed by atoms with Crippen LogP contribution >= 0.6 is 0 Å². The quantitative estimate of drug-likeness (QED) is 0.335. The number of aryl methyl sites for hydroxylation is 1. The molecule has 3 aromatic carbocycles. The zero-order chi connectivity index (χ0) is 24.2. The number of carboxylic acids is 1. The van der Waals surface area contributed by atoms with Crippen LogP contribution in [-0.2, 0) is 6.54 Å². The third-order valence-corrected chi connectivity index (χ3v) is 6.89. The fourth-order valence-corrected chi connectivity index (χ4v) is 4.72. The van der Waals surface area contributed by atoms with E-state index in [1.807, 2.05) is 24.3 Å². The third kappa shape index (κ3) is 5.72. The number of benzene rings is 3. The number of nitrogens with zero attached hydrogens (tertiary/aromatic N) is 2. The molecule has 2 heterocycles. The second-order valence-electron chi connectivity index (χ2n) is 9.49. The van der Waals surface area contributed by atoms with Crippen LogP contribution in [0.25, 0.3) is 22.4 Å². The summed E-state index contributed by atoms with van der Waals surface area (Å²) in [6, 6.07) is 21.7. The van der Waals surface area contributed by atoms with Gasteiger partial charge in [0.1, 0.15) is 11.6 Å². The molecule has 5 rings (SSSR count). The molecule has 6 nitrogen and oxygen atoms in total. The van der Waals surface area contributed by atoms with E-state index in [1.165, 1.54) is 24.0 Å². The van der Waals surface area contributed by atoms with Gasteiger partial charge in [-0.15, -0.1) is 0 Å². The summed E-state index contributed by atoms with van der Waals surface area (Å²) in [5, 5.41) is 9.18. The number of carboxylic acid groups (broad SMARTS) is 1. The van der Waals surface area contributed by atoms with Crippen molar-refractivity contribution in [1.82, 2.24) is 14.9 Å². The normalized spacial score (nSPS) is 14.9. The number of imidazole rings is 1. The number of fused-ring (bicyclic) bond motifs is 1. The maximum Gasteiger partial charge on any atom is 0.335 e. The van der Waals surface area contributed by atoms with Gasteiger partial charge in [0.15, 0.2) is 0 Å². The van der Waals surface area contributed by atoms with Gasteiger partial charge in [0, 0.05) is 12.1 Å². The molecule has 6 heteroatoms. The standard InChI is InChI=1S/C29H31N3O3/c1-20-2-4-22(5-3-20)19-32-15-12-21(13-16-32)14-17-35-25-9-6-23(7-10-25)28-30-26-11-8-24(29(33)34)18-27(26)31-28/h2-11,18,21H,12-17,19H2,1H3,(H,30,31)(H,33,34). The Morgan fingerprint density at radius 1 is 1.06 bits per heavy atom.